The fraction of sp³-hybridized carbons (Fsp3) is 0. The predicted octanol–water partition coefficient (Wildman–Crippen LogP) is 2.70. The number of tetrazole rings is 1. The number of nitrogen functional groups attached to an aromatic ring is 1. The van der Waals surface area contributed by atoms with E-state index in [1.54, 1.807) is 30.3 Å². The maximum Gasteiger partial charge on any atom is 0.189 e. The molecule has 0 aliphatic heterocycles. The largest absolute Gasteiger partial charge is 0.397 e. The van der Waals surface area contributed by atoms with Crippen molar-refractivity contribution in [2.24, 2.45) is 0 Å². The van der Waals surface area contributed by atoms with Crippen LogP contribution in [0.5, 0.6) is 0 Å². The maximum absolute atomic E-state index is 13.3. The van der Waals surface area contributed by atoms with E-state index in [-0.39, 0.29) is 5.82 Å². The molecular weight excluding hydrogens is 281 g/mol. The molecular formula is C13H9ClFN5. The molecule has 0 atom stereocenters. The zero-order chi connectivity index (χ0) is 14.1. The van der Waals surface area contributed by atoms with E-state index >= 15 is 0 Å². The summed E-state index contributed by atoms with van der Waals surface area (Å²) >= 11 is 5.99. The van der Waals surface area contributed by atoms with Gasteiger partial charge in [0.15, 0.2) is 5.82 Å². The molecule has 0 bridgehead atoms. The van der Waals surface area contributed by atoms with Crippen molar-refractivity contribution >= 4 is 17.3 Å². The first-order chi connectivity index (χ1) is 9.66. The molecule has 0 radical (unpaired) electrons. The molecule has 1 heterocycles. The van der Waals surface area contributed by atoms with E-state index in [0.717, 1.165) is 0 Å². The minimum atomic E-state index is -0.372. The number of nitrogens with zero attached hydrogens (tertiary/aromatic N) is 4. The van der Waals surface area contributed by atoms with Crippen LogP contribution in [-0.2, 0) is 0 Å². The van der Waals surface area contributed by atoms with Crippen molar-refractivity contribution in [2.45, 2.75) is 0 Å². The summed E-state index contributed by atoms with van der Waals surface area (Å²) in [5.41, 5.74) is 7.41. The topological polar surface area (TPSA) is 69.6 Å². The normalized spacial score (nSPS) is 10.7. The summed E-state index contributed by atoms with van der Waals surface area (Å²) < 4.78 is 14.7. The molecule has 5 nitrogen and oxygen atoms in total. The lowest BCUT2D eigenvalue weighted by Crippen LogP contribution is -2.02. The molecule has 100 valence electrons. The first kappa shape index (κ1) is 12.6. The Balaban J connectivity index is 2.18. The van der Waals surface area contributed by atoms with Crippen LogP contribution in [0.1, 0.15) is 0 Å². The summed E-state index contributed by atoms with van der Waals surface area (Å²) in [5, 5.41) is 11.8. The van der Waals surface area contributed by atoms with E-state index in [9.17, 15) is 4.39 Å². The molecule has 3 aromatic rings. The van der Waals surface area contributed by atoms with Crippen LogP contribution in [0.25, 0.3) is 17.1 Å². The van der Waals surface area contributed by atoms with Gasteiger partial charge in [0.05, 0.1) is 16.4 Å². The second kappa shape index (κ2) is 4.90. The van der Waals surface area contributed by atoms with E-state index in [0.29, 0.717) is 27.8 Å². The second-order valence-corrected chi connectivity index (χ2v) is 4.50. The zero-order valence-electron chi connectivity index (χ0n) is 10.2. The quantitative estimate of drug-likeness (QED) is 0.736. The number of halogens is 2. The highest BCUT2D eigenvalue weighted by Crippen LogP contribution is 2.30. The lowest BCUT2D eigenvalue weighted by atomic mass is 10.1. The molecule has 0 amide bonds. The van der Waals surface area contributed by atoms with Gasteiger partial charge < -0.3 is 5.73 Å². The van der Waals surface area contributed by atoms with Gasteiger partial charge >= 0.3 is 0 Å². The van der Waals surface area contributed by atoms with Crippen molar-refractivity contribution in [3.8, 4) is 17.1 Å². The van der Waals surface area contributed by atoms with Gasteiger partial charge in [-0.1, -0.05) is 23.7 Å². The minimum absolute atomic E-state index is 0.372. The fourth-order valence-electron chi connectivity index (χ4n) is 1.87. The molecule has 0 unspecified atom stereocenters. The van der Waals surface area contributed by atoms with Crippen LogP contribution in [0.3, 0.4) is 0 Å². The highest BCUT2D eigenvalue weighted by Gasteiger charge is 2.15. The molecule has 1 aromatic heterocycles. The monoisotopic (exact) mass is 289 g/mol. The maximum atomic E-state index is 13.3. The standard InChI is InChI=1S/C13H9ClFN5/c14-11-6-2-5-10(12(11)16)13-17-18-19-20(13)9-4-1-3-8(15)7-9/h1-7H,16H2. The van der Waals surface area contributed by atoms with Crippen LogP contribution < -0.4 is 5.73 Å². The lowest BCUT2D eigenvalue weighted by molar-refractivity contribution is 0.625. The molecule has 0 saturated carbocycles. The Morgan fingerprint density at radius 2 is 1.95 bits per heavy atom. The first-order valence-corrected chi connectivity index (χ1v) is 6.13. The SMILES string of the molecule is Nc1c(Cl)cccc1-c1nnnn1-c1cccc(F)c1. The van der Waals surface area contributed by atoms with Crippen molar-refractivity contribution in [1.29, 1.82) is 0 Å². The van der Waals surface area contributed by atoms with E-state index in [1.807, 2.05) is 0 Å². The average Bonchev–Trinajstić information content (AvgIpc) is 2.91. The van der Waals surface area contributed by atoms with Crippen LogP contribution in [-0.4, -0.2) is 20.2 Å². The van der Waals surface area contributed by atoms with E-state index in [2.05, 4.69) is 15.5 Å². The predicted molar refractivity (Wildman–Crippen MR) is 74.0 cm³/mol. The third kappa shape index (κ3) is 2.10. The average molecular weight is 290 g/mol. The summed E-state index contributed by atoms with van der Waals surface area (Å²) in [6.45, 7) is 0. The lowest BCUT2D eigenvalue weighted by Gasteiger charge is -2.07. The summed E-state index contributed by atoms with van der Waals surface area (Å²) in [6, 6.07) is 11.1. The highest BCUT2D eigenvalue weighted by atomic mass is 35.5. The first-order valence-electron chi connectivity index (χ1n) is 5.75. The molecule has 0 aliphatic carbocycles. The number of aromatic nitrogens is 4. The molecule has 0 aliphatic rings. The summed E-state index contributed by atoms with van der Waals surface area (Å²) in [4.78, 5) is 0. The minimum Gasteiger partial charge on any atom is -0.397 e. The van der Waals surface area contributed by atoms with E-state index in [4.69, 9.17) is 17.3 Å². The molecule has 20 heavy (non-hydrogen) atoms. The molecule has 2 aromatic carbocycles. The summed E-state index contributed by atoms with van der Waals surface area (Å²) in [5.74, 6) is 0.0265. The molecule has 2 N–H and O–H groups in total. The van der Waals surface area contributed by atoms with Gasteiger partial charge in [0, 0.05) is 5.56 Å². The van der Waals surface area contributed by atoms with Gasteiger partial charge in [-0.05, 0) is 40.8 Å². The van der Waals surface area contributed by atoms with Crippen molar-refractivity contribution in [3.05, 3.63) is 53.3 Å². The zero-order valence-corrected chi connectivity index (χ0v) is 10.9. The van der Waals surface area contributed by atoms with Gasteiger partial charge in [-0.25, -0.2) is 4.39 Å². The Hall–Kier alpha value is -2.47. The van der Waals surface area contributed by atoms with Crippen molar-refractivity contribution in [1.82, 2.24) is 20.2 Å². The number of anilines is 1. The Morgan fingerprint density at radius 1 is 1.15 bits per heavy atom. The number of hydrogen-bond acceptors (Lipinski definition) is 4. The van der Waals surface area contributed by atoms with Gasteiger partial charge in [-0.2, -0.15) is 4.68 Å². The van der Waals surface area contributed by atoms with Crippen LogP contribution >= 0.6 is 11.6 Å². The van der Waals surface area contributed by atoms with Gasteiger partial charge in [0.1, 0.15) is 5.82 Å². The van der Waals surface area contributed by atoms with Crippen LogP contribution in [0.15, 0.2) is 42.5 Å². The Morgan fingerprint density at radius 3 is 2.75 bits per heavy atom. The van der Waals surface area contributed by atoms with Crippen molar-refractivity contribution in [3.63, 3.8) is 0 Å². The second-order valence-electron chi connectivity index (χ2n) is 4.10. The third-order valence-electron chi connectivity index (χ3n) is 2.82. The molecule has 7 heteroatoms. The van der Waals surface area contributed by atoms with Gasteiger partial charge in [0.25, 0.3) is 0 Å². The molecule has 3 rings (SSSR count). The van der Waals surface area contributed by atoms with Crippen molar-refractivity contribution < 1.29 is 4.39 Å². The Kier molecular flexibility index (Phi) is 3.08. The third-order valence-corrected chi connectivity index (χ3v) is 3.15. The van der Waals surface area contributed by atoms with Gasteiger partial charge in [-0.15, -0.1) is 5.10 Å². The number of nitrogens with two attached hydrogens (primary N) is 1. The number of para-hydroxylation sites is 1. The van der Waals surface area contributed by atoms with Crippen LogP contribution in [0, 0.1) is 5.82 Å². The Labute approximate surface area is 118 Å². The Bertz CT molecular complexity index is 771. The molecule has 0 spiro atoms. The fourth-order valence-corrected chi connectivity index (χ4v) is 2.04. The smallest absolute Gasteiger partial charge is 0.189 e. The number of rotatable bonds is 2. The van der Waals surface area contributed by atoms with Crippen LogP contribution in [0.4, 0.5) is 10.1 Å². The molecule has 0 saturated heterocycles. The summed E-state index contributed by atoms with van der Waals surface area (Å²) in [6.07, 6.45) is 0. The summed E-state index contributed by atoms with van der Waals surface area (Å²) in [7, 11) is 0. The highest BCUT2D eigenvalue weighted by molar-refractivity contribution is 6.33. The molecule has 0 fully saturated rings. The van der Waals surface area contributed by atoms with E-state index < -0.39 is 0 Å². The number of benzene rings is 2. The van der Waals surface area contributed by atoms with Crippen LogP contribution in [0.2, 0.25) is 5.02 Å². The van der Waals surface area contributed by atoms with Gasteiger partial charge in [-0.3, -0.25) is 0 Å². The number of hydrogen-bond donors (Lipinski definition) is 1. The van der Waals surface area contributed by atoms with Gasteiger partial charge in [0.2, 0.25) is 0 Å². The van der Waals surface area contributed by atoms with Crippen molar-refractivity contribution in [2.75, 3.05) is 5.73 Å². The van der Waals surface area contributed by atoms with E-state index in [1.165, 1.54) is 16.8 Å².